The van der Waals surface area contributed by atoms with Crippen LogP contribution in [0, 0.1) is 5.92 Å². The minimum absolute atomic E-state index is 0.0436. The maximum atomic E-state index is 12.9. The van der Waals surface area contributed by atoms with Gasteiger partial charge in [-0.3, -0.25) is 4.79 Å². The molecule has 0 spiro atoms. The zero-order valence-corrected chi connectivity index (χ0v) is 16.8. The quantitative estimate of drug-likeness (QED) is 0.750. The highest BCUT2D eigenvalue weighted by Crippen LogP contribution is 2.35. The van der Waals surface area contributed by atoms with Gasteiger partial charge in [-0.15, -0.1) is 0 Å². The topological polar surface area (TPSA) is 112 Å². The Morgan fingerprint density at radius 1 is 1.18 bits per heavy atom. The van der Waals surface area contributed by atoms with Crippen LogP contribution in [0.5, 0.6) is 11.5 Å². The lowest BCUT2D eigenvalue weighted by molar-refractivity contribution is 0.0913. The van der Waals surface area contributed by atoms with Gasteiger partial charge < -0.3 is 25.0 Å². The van der Waals surface area contributed by atoms with E-state index in [0.29, 0.717) is 28.8 Å². The Labute approximate surface area is 164 Å². The summed E-state index contributed by atoms with van der Waals surface area (Å²) in [6.45, 7) is 3.96. The fourth-order valence-corrected chi connectivity index (χ4v) is 3.47. The van der Waals surface area contributed by atoms with Gasteiger partial charge in [0.25, 0.3) is 5.91 Å². The van der Waals surface area contributed by atoms with Crippen LogP contribution in [0.3, 0.4) is 0 Å². The van der Waals surface area contributed by atoms with E-state index in [2.05, 4.69) is 15.5 Å². The molecule has 1 amide bonds. The van der Waals surface area contributed by atoms with E-state index in [1.807, 2.05) is 13.8 Å². The highest BCUT2D eigenvalue weighted by atomic mass is 16.5. The first-order chi connectivity index (χ1) is 13.4. The monoisotopic (exact) mass is 388 g/mol. The van der Waals surface area contributed by atoms with Crippen molar-refractivity contribution in [2.24, 2.45) is 11.7 Å². The number of amides is 1. The van der Waals surface area contributed by atoms with Gasteiger partial charge in [-0.2, -0.15) is 4.98 Å². The molecule has 1 heterocycles. The minimum atomic E-state index is -0.534. The first kappa shape index (κ1) is 20.1. The average Bonchev–Trinajstić information content (AvgIpc) is 3.35. The summed E-state index contributed by atoms with van der Waals surface area (Å²) in [6, 6.07) is 4.59. The number of hydrogen-bond donors (Lipinski definition) is 2. The van der Waals surface area contributed by atoms with Gasteiger partial charge in [-0.25, -0.2) is 0 Å². The second kappa shape index (κ2) is 8.18. The van der Waals surface area contributed by atoms with Crippen molar-refractivity contribution in [3.05, 3.63) is 35.5 Å². The number of rotatable bonds is 7. The van der Waals surface area contributed by atoms with Crippen LogP contribution in [0.2, 0.25) is 0 Å². The van der Waals surface area contributed by atoms with E-state index >= 15 is 0 Å². The number of hydrogen-bond acceptors (Lipinski definition) is 7. The Kier molecular flexibility index (Phi) is 5.88. The maximum absolute atomic E-state index is 12.9. The largest absolute Gasteiger partial charge is 0.497 e. The first-order valence-corrected chi connectivity index (χ1v) is 9.53. The summed E-state index contributed by atoms with van der Waals surface area (Å²) in [5.41, 5.74) is 6.32. The summed E-state index contributed by atoms with van der Waals surface area (Å²) in [5, 5.41) is 7.09. The van der Waals surface area contributed by atoms with E-state index < -0.39 is 11.6 Å². The summed E-state index contributed by atoms with van der Waals surface area (Å²) in [5.74, 6) is 1.72. The van der Waals surface area contributed by atoms with Gasteiger partial charge in [-0.05, 0) is 30.9 Å². The molecule has 0 saturated heterocycles. The number of aromatic nitrogens is 2. The highest BCUT2D eigenvalue weighted by molar-refractivity contribution is 5.95. The van der Waals surface area contributed by atoms with E-state index in [1.54, 1.807) is 32.4 Å². The minimum Gasteiger partial charge on any atom is -0.497 e. The van der Waals surface area contributed by atoms with Crippen LogP contribution < -0.4 is 20.5 Å². The summed E-state index contributed by atoms with van der Waals surface area (Å²) >= 11 is 0. The molecular weight excluding hydrogens is 360 g/mol. The van der Waals surface area contributed by atoms with Gasteiger partial charge in [-0.1, -0.05) is 31.8 Å². The molecule has 0 aliphatic heterocycles. The van der Waals surface area contributed by atoms with Crippen LogP contribution in [0.1, 0.15) is 67.6 Å². The van der Waals surface area contributed by atoms with Crippen molar-refractivity contribution < 1.29 is 18.8 Å². The Hall–Kier alpha value is -2.61. The fraction of sp³-hybridized carbons (Fsp3) is 0.550. The third kappa shape index (κ3) is 4.11. The van der Waals surface area contributed by atoms with Gasteiger partial charge in [0.05, 0.1) is 19.8 Å². The molecule has 2 aromatic rings. The van der Waals surface area contributed by atoms with Crippen molar-refractivity contribution in [1.82, 2.24) is 15.5 Å². The molecule has 1 aliphatic rings. The number of methoxy groups -OCH3 is 2. The van der Waals surface area contributed by atoms with Gasteiger partial charge >= 0.3 is 0 Å². The zero-order valence-electron chi connectivity index (χ0n) is 16.8. The van der Waals surface area contributed by atoms with Crippen molar-refractivity contribution in [3.63, 3.8) is 0 Å². The molecule has 1 unspecified atom stereocenters. The molecule has 1 aromatic carbocycles. The van der Waals surface area contributed by atoms with E-state index in [0.717, 1.165) is 25.7 Å². The van der Waals surface area contributed by atoms with E-state index in [-0.39, 0.29) is 11.8 Å². The standard InChI is InChI=1S/C20H28N4O4/c1-12(2)16(18-23-19(24-28-18)20(21)7-5-6-8-20)22-17(25)13-9-14(26-3)11-15(10-13)27-4/h9-12,16H,5-8,21H2,1-4H3,(H,22,25). The lowest BCUT2D eigenvalue weighted by Crippen LogP contribution is -2.35. The van der Waals surface area contributed by atoms with Crippen molar-refractivity contribution in [3.8, 4) is 11.5 Å². The van der Waals surface area contributed by atoms with Crippen molar-refractivity contribution in [2.45, 2.75) is 51.1 Å². The summed E-state index contributed by atoms with van der Waals surface area (Å²) < 4.78 is 16.0. The molecule has 8 heteroatoms. The molecule has 1 fully saturated rings. The number of nitrogens with one attached hydrogen (secondary N) is 1. The smallest absolute Gasteiger partial charge is 0.252 e. The van der Waals surface area contributed by atoms with Crippen LogP contribution in [0.4, 0.5) is 0 Å². The fourth-order valence-electron chi connectivity index (χ4n) is 3.47. The number of nitrogens with two attached hydrogens (primary N) is 1. The number of carbonyl (C=O) groups is 1. The molecule has 3 rings (SSSR count). The molecule has 3 N–H and O–H groups in total. The molecule has 28 heavy (non-hydrogen) atoms. The second-order valence-electron chi connectivity index (χ2n) is 7.62. The van der Waals surface area contributed by atoms with Gasteiger partial charge in [0.1, 0.15) is 17.5 Å². The maximum Gasteiger partial charge on any atom is 0.252 e. The van der Waals surface area contributed by atoms with Crippen LogP contribution in [-0.2, 0) is 5.54 Å². The lowest BCUT2D eigenvalue weighted by Gasteiger charge is -2.20. The predicted molar refractivity (Wildman–Crippen MR) is 103 cm³/mol. The summed E-state index contributed by atoms with van der Waals surface area (Å²) in [4.78, 5) is 17.4. The predicted octanol–water partition coefficient (Wildman–Crippen LogP) is 2.94. The second-order valence-corrected chi connectivity index (χ2v) is 7.62. The average molecular weight is 388 g/mol. The Morgan fingerprint density at radius 3 is 2.32 bits per heavy atom. The SMILES string of the molecule is COc1cc(OC)cc(C(=O)NC(c2nc(C3(N)CCCC3)no2)C(C)C)c1. The van der Waals surface area contributed by atoms with Gasteiger partial charge in [0.2, 0.25) is 5.89 Å². The number of ether oxygens (including phenoxy) is 2. The molecule has 152 valence electrons. The van der Waals surface area contributed by atoms with Crippen LogP contribution >= 0.6 is 0 Å². The number of nitrogens with zero attached hydrogens (tertiary/aromatic N) is 2. The Morgan fingerprint density at radius 2 is 1.79 bits per heavy atom. The van der Waals surface area contributed by atoms with Crippen molar-refractivity contribution in [2.75, 3.05) is 14.2 Å². The van der Waals surface area contributed by atoms with E-state index in [1.165, 1.54) is 0 Å². The molecule has 0 radical (unpaired) electrons. The van der Waals surface area contributed by atoms with Gasteiger partial charge in [0, 0.05) is 11.6 Å². The van der Waals surface area contributed by atoms with Gasteiger partial charge in [0.15, 0.2) is 5.82 Å². The molecule has 1 atom stereocenters. The van der Waals surface area contributed by atoms with Crippen molar-refractivity contribution in [1.29, 1.82) is 0 Å². The third-order valence-corrected chi connectivity index (χ3v) is 5.22. The van der Waals surface area contributed by atoms with Crippen LogP contribution in [0.15, 0.2) is 22.7 Å². The molecule has 1 saturated carbocycles. The Bertz CT molecular complexity index is 805. The van der Waals surface area contributed by atoms with Crippen LogP contribution in [-0.4, -0.2) is 30.3 Å². The molecule has 1 aliphatic carbocycles. The summed E-state index contributed by atoms with van der Waals surface area (Å²) in [6.07, 6.45) is 3.80. The summed E-state index contributed by atoms with van der Waals surface area (Å²) in [7, 11) is 3.08. The Balaban J connectivity index is 1.82. The third-order valence-electron chi connectivity index (χ3n) is 5.22. The highest BCUT2D eigenvalue weighted by Gasteiger charge is 2.37. The molecule has 1 aromatic heterocycles. The van der Waals surface area contributed by atoms with E-state index in [9.17, 15) is 4.79 Å². The first-order valence-electron chi connectivity index (χ1n) is 9.53. The van der Waals surface area contributed by atoms with E-state index in [4.69, 9.17) is 19.7 Å². The molecular formula is C20H28N4O4. The normalized spacial score (nSPS) is 16.8. The lowest BCUT2D eigenvalue weighted by atomic mass is 9.98. The molecule has 8 nitrogen and oxygen atoms in total. The van der Waals surface area contributed by atoms with Crippen LogP contribution in [0.25, 0.3) is 0 Å². The van der Waals surface area contributed by atoms with Crippen molar-refractivity contribution >= 4 is 5.91 Å². The molecule has 0 bridgehead atoms. The number of benzene rings is 1. The number of carbonyl (C=O) groups excluding carboxylic acids is 1. The zero-order chi connectivity index (χ0) is 20.3.